The van der Waals surface area contributed by atoms with Crippen LogP contribution in [0.2, 0.25) is 0 Å². The first-order valence-electron chi connectivity index (χ1n) is 5.23. The van der Waals surface area contributed by atoms with Crippen molar-refractivity contribution in [2.24, 2.45) is 0 Å². The van der Waals surface area contributed by atoms with E-state index in [-0.39, 0.29) is 56.9 Å². The Hall–Kier alpha value is 0.336. The van der Waals surface area contributed by atoms with E-state index in [0.29, 0.717) is 11.6 Å². The fourth-order valence-electron chi connectivity index (χ4n) is 1.83. The van der Waals surface area contributed by atoms with Gasteiger partial charge in [0.25, 0.3) is 0 Å². The monoisotopic (exact) mass is 276 g/mol. The Morgan fingerprint density at radius 2 is 2.00 bits per heavy atom. The number of nitrogens with zero attached hydrogens (tertiary/aromatic N) is 1. The van der Waals surface area contributed by atoms with E-state index in [1.54, 1.807) is 26.5 Å². The van der Waals surface area contributed by atoms with Crippen LogP contribution in [0.4, 0.5) is 0 Å². The molecule has 1 fully saturated rings. The van der Waals surface area contributed by atoms with Crippen molar-refractivity contribution < 1.29 is 71.1 Å². The van der Waals surface area contributed by atoms with E-state index < -0.39 is 6.29 Å². The summed E-state index contributed by atoms with van der Waals surface area (Å²) in [6.07, 6.45) is 5.34. The summed E-state index contributed by atoms with van der Waals surface area (Å²) in [4.78, 5) is 14.6. The van der Waals surface area contributed by atoms with E-state index in [9.17, 15) is 4.79 Å². The third-order valence-corrected chi connectivity index (χ3v) is 2.77. The van der Waals surface area contributed by atoms with Gasteiger partial charge in [-0.15, -0.1) is 5.56 Å². The van der Waals surface area contributed by atoms with Gasteiger partial charge >= 0.3 is 51.4 Å². The van der Waals surface area contributed by atoms with Gasteiger partial charge in [-0.25, -0.2) is 0 Å². The van der Waals surface area contributed by atoms with Crippen LogP contribution in [-0.4, -0.2) is 31.0 Å². The first-order chi connectivity index (χ1) is 7.80. The summed E-state index contributed by atoms with van der Waals surface area (Å²) in [6.45, 7) is 0. The molecule has 0 radical (unpaired) electrons. The molecule has 94 valence electrons. The molecule has 0 amide bonds. The summed E-state index contributed by atoms with van der Waals surface area (Å²) in [6, 6.07) is 1.78. The maximum atomic E-state index is 10.6. The largest absolute Gasteiger partial charge is 1.00 e. The van der Waals surface area contributed by atoms with Crippen LogP contribution in [-0.2, 0) is 14.3 Å². The summed E-state index contributed by atoms with van der Waals surface area (Å²) < 4.78 is 10.4. The van der Waals surface area contributed by atoms with Crippen molar-refractivity contribution in [3.8, 4) is 0 Å². The predicted molar refractivity (Wildman–Crippen MR) is 59.7 cm³/mol. The van der Waals surface area contributed by atoms with E-state index in [4.69, 9.17) is 9.47 Å². The standard InChI is InChI=1S/C12H14NO3.K.H2O/c1-15-12(16-2)11-6-13-9(7-14)5-10(11)8-3-4-8;;/h5-6,8,12H,3-4H2,1-2H3;;1H2/q-1;+1;/p-1. The zero-order chi connectivity index (χ0) is 11.5. The molecule has 6 heteroatoms. The topological polar surface area (TPSA) is 78.4 Å². The molecule has 5 nitrogen and oxygen atoms in total. The van der Waals surface area contributed by atoms with Gasteiger partial charge in [-0.2, -0.15) is 6.07 Å². The fourth-order valence-corrected chi connectivity index (χ4v) is 1.83. The van der Waals surface area contributed by atoms with Gasteiger partial charge in [0.1, 0.15) is 0 Å². The third kappa shape index (κ3) is 4.18. The van der Waals surface area contributed by atoms with Crippen LogP contribution in [0.5, 0.6) is 0 Å². The summed E-state index contributed by atoms with van der Waals surface area (Å²) in [5, 5.41) is 0. The van der Waals surface area contributed by atoms with Crippen LogP contribution in [0.3, 0.4) is 0 Å². The van der Waals surface area contributed by atoms with Crippen molar-refractivity contribution in [1.82, 2.24) is 4.98 Å². The molecule has 18 heavy (non-hydrogen) atoms. The SMILES string of the molecule is COC(OC)c1cnc([C-]=O)cc1C1CC1.[K+].[OH-]. The minimum absolute atomic E-state index is 0. The van der Waals surface area contributed by atoms with Crippen molar-refractivity contribution in [3.05, 3.63) is 29.1 Å². The Labute approximate surface area is 149 Å². The van der Waals surface area contributed by atoms with Gasteiger partial charge in [0, 0.05) is 32.3 Å². The van der Waals surface area contributed by atoms with Crippen LogP contribution in [0.15, 0.2) is 12.3 Å². The van der Waals surface area contributed by atoms with Gasteiger partial charge in [-0.3, -0.25) is 4.98 Å². The van der Waals surface area contributed by atoms with Crippen molar-refractivity contribution in [1.29, 1.82) is 0 Å². The van der Waals surface area contributed by atoms with Crippen molar-refractivity contribution in [2.45, 2.75) is 25.0 Å². The van der Waals surface area contributed by atoms with Crippen LogP contribution < -0.4 is 51.4 Å². The van der Waals surface area contributed by atoms with Crippen LogP contribution in [0.1, 0.15) is 41.9 Å². The zero-order valence-electron chi connectivity index (χ0n) is 10.8. The molecule has 2 rings (SSSR count). The second kappa shape index (κ2) is 8.50. The number of hydrogen-bond donors (Lipinski definition) is 0. The van der Waals surface area contributed by atoms with Gasteiger partial charge in [-0.05, 0) is 18.8 Å². The Morgan fingerprint density at radius 1 is 1.39 bits per heavy atom. The second-order valence-corrected chi connectivity index (χ2v) is 3.88. The normalized spacial score (nSPS) is 13.7. The molecule has 0 saturated heterocycles. The molecular weight excluding hydrogens is 261 g/mol. The predicted octanol–water partition coefficient (Wildman–Crippen LogP) is -1.46. The number of carbonyl (C=O) groups excluding carboxylic acids is 1. The van der Waals surface area contributed by atoms with Crippen LogP contribution in [0.25, 0.3) is 0 Å². The van der Waals surface area contributed by atoms with E-state index in [0.717, 1.165) is 24.0 Å². The van der Waals surface area contributed by atoms with E-state index in [2.05, 4.69) is 4.98 Å². The molecule has 1 N–H and O–H groups in total. The van der Waals surface area contributed by atoms with Crippen molar-refractivity contribution in [3.63, 3.8) is 0 Å². The summed E-state index contributed by atoms with van der Waals surface area (Å²) in [7, 11) is 3.18. The molecule has 0 aromatic carbocycles. The molecule has 0 unspecified atom stereocenters. The number of rotatable bonds is 5. The number of aromatic nitrogens is 1. The Morgan fingerprint density at radius 3 is 2.44 bits per heavy atom. The van der Waals surface area contributed by atoms with Crippen molar-refractivity contribution in [2.75, 3.05) is 14.2 Å². The Bertz CT molecular complexity index is 392. The summed E-state index contributed by atoms with van der Waals surface area (Å²) in [5.74, 6) is 0.512. The minimum atomic E-state index is -0.413. The summed E-state index contributed by atoms with van der Waals surface area (Å²) in [5.41, 5.74) is 2.35. The molecule has 1 aliphatic carbocycles. The minimum Gasteiger partial charge on any atom is -0.870 e. The molecule has 1 saturated carbocycles. The smallest absolute Gasteiger partial charge is 0.870 e. The average Bonchev–Trinajstić information content (AvgIpc) is 3.15. The molecule has 1 aromatic heterocycles. The van der Waals surface area contributed by atoms with Crippen molar-refractivity contribution >= 4 is 6.29 Å². The molecule has 1 aliphatic rings. The van der Waals surface area contributed by atoms with E-state index in [1.807, 2.05) is 6.29 Å². The maximum Gasteiger partial charge on any atom is 1.00 e. The number of pyridine rings is 1. The van der Waals surface area contributed by atoms with Crippen LogP contribution in [0, 0.1) is 0 Å². The van der Waals surface area contributed by atoms with Gasteiger partial charge < -0.3 is 19.7 Å². The molecule has 0 atom stereocenters. The quantitative estimate of drug-likeness (QED) is 0.373. The summed E-state index contributed by atoms with van der Waals surface area (Å²) >= 11 is 0. The molecular formula is C12H15KNO4-. The fraction of sp³-hybridized carbons (Fsp3) is 0.500. The van der Waals surface area contributed by atoms with Crippen LogP contribution >= 0.6 is 0 Å². The third-order valence-electron chi connectivity index (χ3n) is 2.77. The van der Waals surface area contributed by atoms with Gasteiger partial charge in [0.15, 0.2) is 6.29 Å². The molecule has 0 bridgehead atoms. The Kier molecular flexibility index (Phi) is 8.65. The average molecular weight is 276 g/mol. The first-order valence-corrected chi connectivity index (χ1v) is 5.23. The van der Waals surface area contributed by atoms with Gasteiger partial charge in [-0.1, -0.05) is 5.69 Å². The zero-order valence-corrected chi connectivity index (χ0v) is 14.0. The number of methoxy groups -OCH3 is 2. The van der Waals surface area contributed by atoms with E-state index >= 15 is 0 Å². The second-order valence-electron chi connectivity index (χ2n) is 3.88. The molecule has 0 aliphatic heterocycles. The molecule has 0 spiro atoms. The molecule has 1 aromatic rings. The van der Waals surface area contributed by atoms with E-state index in [1.165, 1.54) is 0 Å². The van der Waals surface area contributed by atoms with Gasteiger partial charge in [0.2, 0.25) is 0 Å². The first kappa shape index (κ1) is 18.3. The Balaban J connectivity index is 0.00000144. The molecule has 1 heterocycles. The van der Waals surface area contributed by atoms with Gasteiger partial charge in [0.05, 0.1) is 0 Å². The number of hydrogen-bond acceptors (Lipinski definition) is 5. The maximum absolute atomic E-state index is 10.6. The number of ether oxygens (including phenoxy) is 2.